The number of hydrogen-bond donors (Lipinski definition) is 2. The van der Waals surface area contributed by atoms with Crippen LogP contribution >= 0.6 is 11.3 Å². The fourth-order valence-corrected chi connectivity index (χ4v) is 3.94. The predicted octanol–water partition coefficient (Wildman–Crippen LogP) is 2.30. The molecule has 0 spiro atoms. The summed E-state index contributed by atoms with van der Waals surface area (Å²) in [5, 5.41) is 15.0. The largest absolute Gasteiger partial charge is 0.364 e. The number of fused-ring (bicyclic) bond motifs is 3. The lowest BCUT2D eigenvalue weighted by atomic mass is 9.97. The highest BCUT2D eigenvalue weighted by molar-refractivity contribution is 7.19. The second-order valence-electron chi connectivity index (χ2n) is 4.93. The molecule has 1 aliphatic rings. The highest BCUT2D eigenvalue weighted by Gasteiger charge is 2.19. The van der Waals surface area contributed by atoms with E-state index in [1.54, 1.807) is 12.5 Å². The number of aromatic nitrogens is 5. The maximum absolute atomic E-state index is 4.43. The van der Waals surface area contributed by atoms with Crippen LogP contribution in [0.15, 0.2) is 12.5 Å². The molecule has 4 rings (SSSR count). The number of nitrogens with zero attached hydrogens (tertiary/aromatic N) is 4. The van der Waals surface area contributed by atoms with E-state index in [0.717, 1.165) is 22.8 Å². The van der Waals surface area contributed by atoms with Gasteiger partial charge in [0.15, 0.2) is 0 Å². The van der Waals surface area contributed by atoms with Gasteiger partial charge in [-0.05, 0) is 31.2 Å². The van der Waals surface area contributed by atoms with Crippen LogP contribution in [0.5, 0.6) is 0 Å². The molecule has 0 saturated carbocycles. The van der Waals surface area contributed by atoms with Gasteiger partial charge in [0.05, 0.1) is 18.1 Å². The number of hydrogen-bond acceptors (Lipinski definition) is 6. The summed E-state index contributed by atoms with van der Waals surface area (Å²) >= 11 is 1.81. The van der Waals surface area contributed by atoms with Crippen LogP contribution in [0.4, 0.5) is 5.82 Å². The molecule has 0 amide bonds. The maximum atomic E-state index is 4.43. The van der Waals surface area contributed by atoms with Crippen molar-refractivity contribution in [1.29, 1.82) is 0 Å². The molecular weight excluding hydrogens is 272 g/mol. The summed E-state index contributed by atoms with van der Waals surface area (Å²) in [6.07, 6.45) is 8.22. The van der Waals surface area contributed by atoms with E-state index < -0.39 is 0 Å². The number of H-pyrrole nitrogens is 1. The molecule has 6 nitrogen and oxygen atoms in total. The molecular formula is C13H14N6S. The van der Waals surface area contributed by atoms with Crippen molar-refractivity contribution >= 4 is 27.4 Å². The van der Waals surface area contributed by atoms with Crippen LogP contribution < -0.4 is 5.32 Å². The Morgan fingerprint density at radius 2 is 2.20 bits per heavy atom. The van der Waals surface area contributed by atoms with Crippen molar-refractivity contribution in [3.05, 3.63) is 28.7 Å². The Bertz CT molecular complexity index is 733. The second-order valence-corrected chi connectivity index (χ2v) is 6.01. The quantitative estimate of drug-likeness (QED) is 0.772. The van der Waals surface area contributed by atoms with Crippen LogP contribution in [0.3, 0.4) is 0 Å². The number of aryl methyl sites for hydroxylation is 2. The second kappa shape index (κ2) is 4.82. The zero-order valence-electron chi connectivity index (χ0n) is 10.9. The molecule has 0 saturated heterocycles. The van der Waals surface area contributed by atoms with Gasteiger partial charge in [-0.3, -0.25) is 0 Å². The van der Waals surface area contributed by atoms with Gasteiger partial charge in [-0.15, -0.1) is 11.3 Å². The third-order valence-electron chi connectivity index (χ3n) is 3.65. The Hall–Kier alpha value is -2.02. The predicted molar refractivity (Wildman–Crippen MR) is 77.8 cm³/mol. The first-order valence-electron chi connectivity index (χ1n) is 6.75. The van der Waals surface area contributed by atoms with Crippen molar-refractivity contribution in [2.24, 2.45) is 0 Å². The van der Waals surface area contributed by atoms with Gasteiger partial charge in [0.1, 0.15) is 22.7 Å². The molecule has 0 bridgehead atoms. The molecule has 7 heteroatoms. The molecule has 20 heavy (non-hydrogen) atoms. The van der Waals surface area contributed by atoms with E-state index in [2.05, 4.69) is 30.7 Å². The molecule has 102 valence electrons. The highest BCUT2D eigenvalue weighted by atomic mass is 32.1. The lowest BCUT2D eigenvalue weighted by Crippen LogP contribution is -2.04. The minimum Gasteiger partial charge on any atom is -0.364 e. The first-order valence-corrected chi connectivity index (χ1v) is 7.57. The average Bonchev–Trinajstić information content (AvgIpc) is 3.12. The van der Waals surface area contributed by atoms with Gasteiger partial charge >= 0.3 is 0 Å². The average molecular weight is 286 g/mol. The van der Waals surface area contributed by atoms with Gasteiger partial charge in [-0.25, -0.2) is 9.97 Å². The number of thiophene rings is 1. The Labute approximate surface area is 119 Å². The number of rotatable bonds is 3. The van der Waals surface area contributed by atoms with Crippen molar-refractivity contribution < 1.29 is 0 Å². The van der Waals surface area contributed by atoms with E-state index >= 15 is 0 Å². The van der Waals surface area contributed by atoms with Gasteiger partial charge < -0.3 is 5.32 Å². The third kappa shape index (κ3) is 1.94. The van der Waals surface area contributed by atoms with Crippen molar-refractivity contribution in [2.45, 2.75) is 32.2 Å². The minimum absolute atomic E-state index is 0.618. The van der Waals surface area contributed by atoms with Crippen molar-refractivity contribution in [3.63, 3.8) is 0 Å². The van der Waals surface area contributed by atoms with E-state index in [-0.39, 0.29) is 0 Å². The monoisotopic (exact) mass is 286 g/mol. The van der Waals surface area contributed by atoms with Crippen LogP contribution in [0.1, 0.15) is 29.0 Å². The molecule has 3 aromatic rings. The van der Waals surface area contributed by atoms with Gasteiger partial charge in [0.2, 0.25) is 0 Å². The zero-order chi connectivity index (χ0) is 13.4. The summed E-state index contributed by atoms with van der Waals surface area (Å²) in [7, 11) is 0. The number of anilines is 1. The molecule has 0 unspecified atom stereocenters. The Morgan fingerprint density at radius 3 is 3.10 bits per heavy atom. The molecule has 2 N–H and O–H groups in total. The fourth-order valence-electron chi connectivity index (χ4n) is 2.71. The number of aromatic amines is 1. The normalized spacial score (nSPS) is 14.4. The molecule has 3 heterocycles. The Morgan fingerprint density at radius 1 is 1.25 bits per heavy atom. The SMILES string of the molecule is c1nc(NCc2cn[nH]n2)c2c3c(sc2n1)CCCC3. The zero-order valence-corrected chi connectivity index (χ0v) is 11.7. The first-order chi connectivity index (χ1) is 9.92. The summed E-state index contributed by atoms with van der Waals surface area (Å²) in [4.78, 5) is 11.4. The van der Waals surface area contributed by atoms with Gasteiger partial charge in [0, 0.05) is 4.88 Å². The van der Waals surface area contributed by atoms with E-state index in [9.17, 15) is 0 Å². The van der Waals surface area contributed by atoms with E-state index in [1.165, 1.54) is 35.1 Å². The lowest BCUT2D eigenvalue weighted by Gasteiger charge is -2.12. The van der Waals surface area contributed by atoms with E-state index in [0.29, 0.717) is 6.54 Å². The molecule has 0 atom stereocenters. The molecule has 3 aromatic heterocycles. The summed E-state index contributed by atoms with van der Waals surface area (Å²) in [6.45, 7) is 0.618. The molecule has 1 aliphatic carbocycles. The third-order valence-corrected chi connectivity index (χ3v) is 4.85. The fraction of sp³-hybridized carbons (Fsp3) is 0.385. The molecule has 0 aromatic carbocycles. The van der Waals surface area contributed by atoms with Crippen LogP contribution in [0.2, 0.25) is 0 Å². The minimum atomic E-state index is 0.618. The van der Waals surface area contributed by atoms with Gasteiger partial charge in [-0.2, -0.15) is 15.4 Å². The molecule has 0 radical (unpaired) electrons. The van der Waals surface area contributed by atoms with Crippen molar-refractivity contribution in [2.75, 3.05) is 5.32 Å². The topological polar surface area (TPSA) is 79.4 Å². The highest BCUT2D eigenvalue weighted by Crippen LogP contribution is 2.38. The maximum Gasteiger partial charge on any atom is 0.138 e. The molecule has 0 aliphatic heterocycles. The molecule has 0 fully saturated rings. The standard InChI is InChI=1S/C13H14N6S/c1-2-4-10-9(3-1)11-12(15-7-16-13(11)20-10)14-5-8-6-17-19-18-8/h6-7H,1-5H2,(H,14,15,16)(H,17,18,19). The van der Waals surface area contributed by atoms with Crippen LogP contribution in [0, 0.1) is 0 Å². The van der Waals surface area contributed by atoms with Crippen molar-refractivity contribution in [3.8, 4) is 0 Å². The van der Waals surface area contributed by atoms with E-state index in [4.69, 9.17) is 0 Å². The number of nitrogens with one attached hydrogen (secondary N) is 2. The van der Waals surface area contributed by atoms with Crippen molar-refractivity contribution in [1.82, 2.24) is 25.4 Å². The summed E-state index contributed by atoms with van der Waals surface area (Å²) < 4.78 is 0. The van der Waals surface area contributed by atoms with Crippen LogP contribution in [-0.4, -0.2) is 25.4 Å². The summed E-state index contributed by atoms with van der Waals surface area (Å²) in [6, 6.07) is 0. The van der Waals surface area contributed by atoms with Crippen LogP contribution in [0.25, 0.3) is 10.2 Å². The summed E-state index contributed by atoms with van der Waals surface area (Å²) in [5.41, 5.74) is 2.32. The summed E-state index contributed by atoms with van der Waals surface area (Å²) in [5.74, 6) is 0.914. The Kier molecular flexibility index (Phi) is 2.84. The smallest absolute Gasteiger partial charge is 0.138 e. The van der Waals surface area contributed by atoms with Crippen LogP contribution in [-0.2, 0) is 19.4 Å². The van der Waals surface area contributed by atoms with Gasteiger partial charge in [0.25, 0.3) is 0 Å². The first kappa shape index (κ1) is 11.8. The van der Waals surface area contributed by atoms with E-state index in [1.807, 2.05) is 11.3 Å². The lowest BCUT2D eigenvalue weighted by molar-refractivity contribution is 0.700. The van der Waals surface area contributed by atoms with Gasteiger partial charge in [-0.1, -0.05) is 0 Å². The Balaban J connectivity index is 1.73.